The Morgan fingerprint density at radius 1 is 1.10 bits per heavy atom. The van der Waals surface area contributed by atoms with Crippen molar-refractivity contribution in [1.29, 1.82) is 0 Å². The number of ether oxygens (including phenoxy) is 2. The monoisotopic (exact) mass is 431 g/mol. The summed E-state index contributed by atoms with van der Waals surface area (Å²) in [6.07, 6.45) is 1.58. The molecule has 2 heterocycles. The molecule has 0 aliphatic carbocycles. The van der Waals surface area contributed by atoms with Gasteiger partial charge in [0.1, 0.15) is 0 Å². The molecule has 1 amide bonds. The third-order valence-corrected chi connectivity index (χ3v) is 4.12. The van der Waals surface area contributed by atoms with E-state index in [2.05, 4.69) is 15.8 Å². The van der Waals surface area contributed by atoms with Crippen molar-refractivity contribution >= 4 is 23.5 Å². The predicted molar refractivity (Wildman–Crippen MR) is 116 cm³/mol. The van der Waals surface area contributed by atoms with Gasteiger partial charge in [0, 0.05) is 25.8 Å². The zero-order valence-electron chi connectivity index (χ0n) is 17.7. The number of esters is 2. The number of benzene rings is 2. The van der Waals surface area contributed by atoms with Crippen LogP contribution in [-0.4, -0.2) is 49.9 Å². The second-order valence-electron chi connectivity index (χ2n) is 6.23. The van der Waals surface area contributed by atoms with Crippen molar-refractivity contribution in [3.63, 3.8) is 0 Å². The Balaban J connectivity index is 0.000000234. The average Bonchev–Trinajstić information content (AvgIpc) is 3.27. The highest BCUT2D eigenvalue weighted by Gasteiger charge is 2.23. The van der Waals surface area contributed by atoms with Crippen LogP contribution < -0.4 is 16.8 Å². The minimum atomic E-state index is -0.540. The highest BCUT2D eigenvalue weighted by molar-refractivity contribution is 6.02. The van der Waals surface area contributed by atoms with E-state index in [1.54, 1.807) is 55.6 Å². The summed E-state index contributed by atoms with van der Waals surface area (Å²) in [7, 11) is 3.08. The molecule has 2 aromatic carbocycles. The number of carbonyl (C=O) groups is 3. The number of nitrogens with one attached hydrogen (secondary N) is 1. The normalized spacial score (nSPS) is 16.1. The van der Waals surface area contributed by atoms with Crippen molar-refractivity contribution in [3.05, 3.63) is 65.2 Å². The van der Waals surface area contributed by atoms with Crippen LogP contribution in [0.2, 0.25) is 0 Å². The fourth-order valence-electron chi connectivity index (χ4n) is 2.62. The Kier molecular flexibility index (Phi) is 11.5. The summed E-state index contributed by atoms with van der Waals surface area (Å²) in [6.45, 7) is 0.737. The van der Waals surface area contributed by atoms with Crippen LogP contribution in [0.25, 0.3) is 0 Å². The summed E-state index contributed by atoms with van der Waals surface area (Å²) < 4.78 is 9.14. The first-order chi connectivity index (χ1) is 14.9. The topological polar surface area (TPSA) is 154 Å². The molecule has 0 spiro atoms. The highest BCUT2D eigenvalue weighted by Crippen LogP contribution is 2.16. The molecule has 1 unspecified atom stereocenters. The average molecular weight is 431 g/mol. The maximum absolute atomic E-state index is 11.1. The van der Waals surface area contributed by atoms with Gasteiger partial charge in [0.15, 0.2) is 6.29 Å². The van der Waals surface area contributed by atoms with Gasteiger partial charge in [-0.1, -0.05) is 30.3 Å². The van der Waals surface area contributed by atoms with Gasteiger partial charge in [-0.15, -0.1) is 0 Å². The number of cyclic esters (lactones) is 2. The fourth-order valence-corrected chi connectivity index (χ4v) is 2.62. The Morgan fingerprint density at radius 3 is 2.29 bits per heavy atom. The van der Waals surface area contributed by atoms with Crippen LogP contribution >= 0.6 is 0 Å². The first-order valence-corrected chi connectivity index (χ1v) is 9.69. The molecule has 168 valence electrons. The second kappa shape index (κ2) is 13.9. The maximum atomic E-state index is 11.1. The molecule has 1 saturated heterocycles. The van der Waals surface area contributed by atoms with Gasteiger partial charge in [0.25, 0.3) is 5.91 Å². The van der Waals surface area contributed by atoms with Gasteiger partial charge in [-0.3, -0.25) is 9.59 Å². The molecule has 6 N–H and O–H groups in total. The number of aliphatic hydroxyl groups excluding tert-OH is 1. The number of rotatable bonds is 1. The highest BCUT2D eigenvalue weighted by atomic mass is 16.6. The van der Waals surface area contributed by atoms with Gasteiger partial charge >= 0.3 is 11.9 Å². The van der Waals surface area contributed by atoms with Crippen LogP contribution in [0.1, 0.15) is 39.1 Å². The lowest BCUT2D eigenvalue weighted by atomic mass is 10.0. The van der Waals surface area contributed by atoms with E-state index in [-0.39, 0.29) is 12.3 Å². The van der Waals surface area contributed by atoms with Crippen LogP contribution in [0.15, 0.2) is 48.5 Å². The lowest BCUT2D eigenvalue weighted by Gasteiger charge is -2.12. The van der Waals surface area contributed by atoms with E-state index < -0.39 is 18.2 Å². The lowest BCUT2D eigenvalue weighted by Crippen LogP contribution is -2.22. The molecule has 31 heavy (non-hydrogen) atoms. The number of carbonyl (C=O) groups excluding carboxylic acids is 3. The Hall–Kier alpha value is -3.27. The zero-order chi connectivity index (χ0) is 23.2. The molecule has 0 radical (unpaired) electrons. The van der Waals surface area contributed by atoms with E-state index in [0.717, 1.165) is 25.0 Å². The summed E-state index contributed by atoms with van der Waals surface area (Å²) in [6, 6.07) is 13.9. The van der Waals surface area contributed by atoms with Crippen molar-refractivity contribution in [2.24, 2.45) is 5.73 Å². The van der Waals surface area contributed by atoms with E-state index in [9.17, 15) is 14.4 Å². The van der Waals surface area contributed by atoms with Gasteiger partial charge in [-0.2, -0.15) is 0 Å². The molecule has 4 rings (SSSR count). The number of para-hydroxylation sites is 1. The van der Waals surface area contributed by atoms with Gasteiger partial charge in [0.05, 0.1) is 17.5 Å². The first kappa shape index (κ1) is 25.8. The molecular formula is C22H29N3O6. The van der Waals surface area contributed by atoms with E-state index in [4.69, 9.17) is 15.6 Å². The molecule has 9 nitrogen and oxygen atoms in total. The minimum Gasteiger partial charge on any atom is -0.398 e. The van der Waals surface area contributed by atoms with Crippen LogP contribution in [0.3, 0.4) is 0 Å². The Bertz CT molecular complexity index is 866. The van der Waals surface area contributed by atoms with Gasteiger partial charge < -0.3 is 31.4 Å². The quantitative estimate of drug-likeness (QED) is 0.299. The molecule has 1 fully saturated rings. The molecule has 0 bridgehead atoms. The molecule has 0 aromatic heterocycles. The number of fused-ring (bicyclic) bond motifs is 1. The van der Waals surface area contributed by atoms with E-state index in [1.807, 2.05) is 0 Å². The van der Waals surface area contributed by atoms with E-state index in [0.29, 0.717) is 16.8 Å². The van der Waals surface area contributed by atoms with Crippen LogP contribution in [-0.2, 0) is 20.7 Å². The summed E-state index contributed by atoms with van der Waals surface area (Å²) in [5.41, 5.74) is 12.3. The zero-order valence-corrected chi connectivity index (χ0v) is 17.7. The standard InChI is InChI=1S/C9H6O3.C8H10N2O.C4H8O2.CH5N/c10-8-5-6-3-1-2-4-7(6)9(11)12-8;1-10-8(11)6-4-2-3-5-7(6)9;5-4-2-1-3-6-4;1-2/h1-4H,5H2;2-5H,9H2,1H3,(H,10,11);4-5H,1-3H2;2H2,1H3. The van der Waals surface area contributed by atoms with Gasteiger partial charge in [-0.05, 0) is 37.2 Å². The largest absolute Gasteiger partial charge is 0.398 e. The van der Waals surface area contributed by atoms with E-state index >= 15 is 0 Å². The van der Waals surface area contributed by atoms with Gasteiger partial charge in [-0.25, -0.2) is 4.79 Å². The number of anilines is 1. The van der Waals surface area contributed by atoms with Crippen molar-refractivity contribution in [2.75, 3.05) is 26.4 Å². The molecule has 1 atom stereocenters. The maximum Gasteiger partial charge on any atom is 0.346 e. The first-order valence-electron chi connectivity index (χ1n) is 9.69. The second-order valence-corrected chi connectivity index (χ2v) is 6.23. The molecular weight excluding hydrogens is 402 g/mol. The predicted octanol–water partition coefficient (Wildman–Crippen LogP) is 1.24. The number of nitrogen functional groups attached to an aromatic ring is 1. The number of nitrogens with two attached hydrogens (primary N) is 2. The van der Waals surface area contributed by atoms with Crippen molar-refractivity contribution in [1.82, 2.24) is 5.32 Å². The lowest BCUT2D eigenvalue weighted by molar-refractivity contribution is -0.137. The summed E-state index contributed by atoms with van der Waals surface area (Å²) >= 11 is 0. The van der Waals surface area contributed by atoms with Crippen LogP contribution in [0.4, 0.5) is 5.69 Å². The fraction of sp³-hybridized carbons (Fsp3) is 0.318. The number of amides is 1. The van der Waals surface area contributed by atoms with Crippen molar-refractivity contribution in [3.8, 4) is 0 Å². The molecule has 2 aliphatic heterocycles. The summed E-state index contributed by atoms with van der Waals surface area (Å²) in [5, 5.41) is 11.0. The number of aliphatic hydroxyl groups is 1. The smallest absolute Gasteiger partial charge is 0.346 e. The third kappa shape index (κ3) is 8.55. The van der Waals surface area contributed by atoms with Crippen molar-refractivity contribution < 1.29 is 29.0 Å². The van der Waals surface area contributed by atoms with Crippen molar-refractivity contribution in [2.45, 2.75) is 25.6 Å². The molecule has 2 aliphatic rings. The Labute approximate surface area is 181 Å². The van der Waals surface area contributed by atoms with Crippen LogP contribution in [0.5, 0.6) is 0 Å². The minimum absolute atomic E-state index is 0.150. The number of hydrogen-bond donors (Lipinski definition) is 4. The molecule has 2 aromatic rings. The molecule has 0 saturated carbocycles. The summed E-state index contributed by atoms with van der Waals surface area (Å²) in [5.74, 6) is -1.16. The Morgan fingerprint density at radius 2 is 1.74 bits per heavy atom. The SMILES string of the molecule is CN.CNC(=O)c1ccccc1N.O=C1Cc2ccccc2C(=O)O1.OC1CCCO1. The third-order valence-electron chi connectivity index (χ3n) is 4.12. The van der Waals surface area contributed by atoms with E-state index in [1.165, 1.54) is 7.05 Å². The van der Waals surface area contributed by atoms with Crippen LogP contribution in [0, 0.1) is 0 Å². The summed E-state index contributed by atoms with van der Waals surface area (Å²) in [4.78, 5) is 32.9. The van der Waals surface area contributed by atoms with Gasteiger partial charge in [0.2, 0.25) is 0 Å². The molecule has 9 heteroatoms. The number of hydrogen-bond acceptors (Lipinski definition) is 8.